The number of piperazine rings is 1. The smallest absolute Gasteiger partial charge is 0.263 e. The number of halogens is 3. The molecule has 4 atom stereocenters. The second kappa shape index (κ2) is 11.6. The maximum atomic E-state index is 14.6. The molecular formula is C33H36Cl2FN5O2S. The van der Waals surface area contributed by atoms with Crippen molar-refractivity contribution in [2.24, 2.45) is 10.9 Å². The lowest BCUT2D eigenvalue weighted by atomic mass is 9.92. The lowest BCUT2D eigenvalue weighted by molar-refractivity contribution is -0.144. The number of hydrogen-bond donors (Lipinski definition) is 1. The van der Waals surface area contributed by atoms with Gasteiger partial charge in [-0.15, -0.1) is 0 Å². The predicted octanol–water partition coefficient (Wildman–Crippen LogP) is 6.36. The Morgan fingerprint density at radius 2 is 1.70 bits per heavy atom. The van der Waals surface area contributed by atoms with Crippen LogP contribution in [-0.2, 0) is 9.59 Å². The highest BCUT2D eigenvalue weighted by molar-refractivity contribution is 8.18. The Bertz CT molecular complexity index is 1530. The van der Waals surface area contributed by atoms with Crippen LogP contribution in [-0.4, -0.2) is 75.6 Å². The van der Waals surface area contributed by atoms with E-state index < -0.39 is 18.8 Å². The molecule has 2 aromatic rings. The van der Waals surface area contributed by atoms with E-state index in [9.17, 15) is 14.0 Å². The zero-order chi connectivity index (χ0) is 30.7. The van der Waals surface area contributed by atoms with Gasteiger partial charge in [0.25, 0.3) is 5.91 Å². The van der Waals surface area contributed by atoms with E-state index in [-0.39, 0.29) is 35.4 Å². The van der Waals surface area contributed by atoms with Crippen LogP contribution in [0.5, 0.6) is 0 Å². The van der Waals surface area contributed by atoms with Crippen molar-refractivity contribution >= 4 is 51.9 Å². The summed E-state index contributed by atoms with van der Waals surface area (Å²) in [4.78, 5) is 39.8. The van der Waals surface area contributed by atoms with E-state index in [1.807, 2.05) is 53.4 Å². The summed E-state index contributed by atoms with van der Waals surface area (Å²) in [6, 6.07) is 13.7. The number of rotatable bonds is 6. The maximum absolute atomic E-state index is 14.6. The molecule has 2 aromatic carbocycles. The van der Waals surface area contributed by atoms with Crippen LogP contribution in [0.15, 0.2) is 64.1 Å². The predicted molar refractivity (Wildman–Crippen MR) is 173 cm³/mol. The van der Waals surface area contributed by atoms with Gasteiger partial charge in [0.1, 0.15) is 23.7 Å². The van der Waals surface area contributed by atoms with Crippen molar-refractivity contribution in [1.29, 1.82) is 0 Å². The summed E-state index contributed by atoms with van der Waals surface area (Å²) >= 11 is 13.8. The Balaban J connectivity index is 1.24. The molecule has 44 heavy (non-hydrogen) atoms. The summed E-state index contributed by atoms with van der Waals surface area (Å²) in [5.74, 6) is -0.365. The third kappa shape index (κ3) is 5.23. The van der Waals surface area contributed by atoms with E-state index in [1.54, 1.807) is 4.90 Å². The third-order valence-corrected chi connectivity index (χ3v) is 11.2. The Morgan fingerprint density at radius 1 is 1.05 bits per heavy atom. The number of hydrogen-bond acceptors (Lipinski definition) is 6. The van der Waals surface area contributed by atoms with Crippen molar-refractivity contribution in [3.63, 3.8) is 0 Å². The molecule has 7 rings (SSSR count). The number of likely N-dealkylation sites (tertiary alicyclic amines) is 1. The molecule has 2 saturated heterocycles. The van der Waals surface area contributed by atoms with Crippen LogP contribution >= 0.6 is 35.0 Å². The molecule has 11 heteroatoms. The minimum Gasteiger partial charge on any atom is -0.338 e. The second-order valence-corrected chi connectivity index (χ2v) is 14.7. The maximum Gasteiger partial charge on any atom is 0.263 e. The number of benzene rings is 2. The van der Waals surface area contributed by atoms with Gasteiger partial charge in [0.05, 0.1) is 12.1 Å². The lowest BCUT2D eigenvalue weighted by Gasteiger charge is -2.38. The molecule has 1 spiro atoms. The molecule has 7 nitrogen and oxygen atoms in total. The fraction of sp³-hybridized carbons (Fsp3) is 0.485. The Hall–Kier alpha value is -2.59. The summed E-state index contributed by atoms with van der Waals surface area (Å²) in [5, 5.41) is 5.57. The van der Waals surface area contributed by atoms with Crippen LogP contribution in [0.4, 0.5) is 4.39 Å². The summed E-state index contributed by atoms with van der Waals surface area (Å²) in [5.41, 5.74) is 2.91. The van der Waals surface area contributed by atoms with E-state index in [4.69, 9.17) is 28.2 Å². The van der Waals surface area contributed by atoms with E-state index in [0.29, 0.717) is 40.9 Å². The number of carbonyl (C=O) groups is 2. The Morgan fingerprint density at radius 3 is 2.32 bits per heavy atom. The standard InChI is InChI=1S/C33H36Cl2FN5O2S/c1-19(2)27-29(31(43)40-24(17-36)11-12-25(40)30(42)39-16-15-37-33(18-39)13-14-33)44-32-38-26(20-3-7-22(34)8-4-20)28(41(27)32)21-5-9-23(35)10-6-21/h3-10,19,24-26,28,37H,11-18H2,1-2H3/t24-,25?,26?,28?/m0/s1. The largest absolute Gasteiger partial charge is 0.338 e. The van der Waals surface area contributed by atoms with Crippen molar-refractivity contribution in [1.82, 2.24) is 20.0 Å². The van der Waals surface area contributed by atoms with Gasteiger partial charge in [-0.05, 0) is 78.8 Å². The first-order chi connectivity index (χ1) is 21.2. The molecule has 0 aromatic heterocycles. The van der Waals surface area contributed by atoms with Gasteiger partial charge < -0.3 is 20.0 Å². The highest BCUT2D eigenvalue weighted by Crippen LogP contribution is 2.54. The zero-order valence-corrected chi connectivity index (χ0v) is 27.1. The molecule has 4 heterocycles. The number of thioether (sulfide) groups is 1. The molecule has 4 aliphatic heterocycles. The van der Waals surface area contributed by atoms with Gasteiger partial charge in [-0.2, -0.15) is 0 Å². The molecule has 0 bridgehead atoms. The van der Waals surface area contributed by atoms with Crippen LogP contribution in [0.25, 0.3) is 0 Å². The Kier molecular flexibility index (Phi) is 7.96. The van der Waals surface area contributed by atoms with E-state index in [0.717, 1.165) is 41.4 Å². The highest BCUT2D eigenvalue weighted by Gasteiger charge is 2.52. The molecule has 232 valence electrons. The van der Waals surface area contributed by atoms with Gasteiger partial charge in [-0.25, -0.2) is 4.39 Å². The van der Waals surface area contributed by atoms with Gasteiger partial charge in [0.15, 0.2) is 5.17 Å². The van der Waals surface area contributed by atoms with Crippen molar-refractivity contribution in [3.05, 3.63) is 80.3 Å². The van der Waals surface area contributed by atoms with Gasteiger partial charge in [-0.1, -0.05) is 61.3 Å². The Labute approximate surface area is 271 Å². The van der Waals surface area contributed by atoms with Crippen molar-refractivity contribution < 1.29 is 14.0 Å². The normalized spacial score (nSPS) is 27.4. The fourth-order valence-electron chi connectivity index (χ4n) is 7.24. The number of amides is 2. The SMILES string of the molecule is CC(C)C1=C(C(=O)N2C(C(=O)N3CCNC4(CC4)C3)CC[C@H]2CF)SC2=NC(c3ccc(Cl)cc3)C(c3ccc(Cl)cc3)N21. The summed E-state index contributed by atoms with van der Waals surface area (Å²) in [6.45, 7) is 5.46. The first-order valence-electron chi connectivity index (χ1n) is 15.4. The number of alkyl halides is 1. The highest BCUT2D eigenvalue weighted by atomic mass is 35.5. The third-order valence-electron chi connectivity index (χ3n) is 9.62. The number of amidine groups is 1. The quantitative estimate of drug-likeness (QED) is 0.393. The average Bonchev–Trinajstić information content (AvgIpc) is 3.35. The van der Waals surface area contributed by atoms with Gasteiger partial charge in [0.2, 0.25) is 5.91 Å². The van der Waals surface area contributed by atoms with E-state index >= 15 is 0 Å². The van der Waals surface area contributed by atoms with Crippen molar-refractivity contribution in [2.45, 2.75) is 69.2 Å². The minimum absolute atomic E-state index is 0.0235. The minimum atomic E-state index is -0.674. The van der Waals surface area contributed by atoms with Crippen molar-refractivity contribution in [3.8, 4) is 0 Å². The molecular weight excluding hydrogens is 620 g/mol. The lowest BCUT2D eigenvalue weighted by Crippen LogP contribution is -2.58. The van der Waals surface area contributed by atoms with Crippen LogP contribution in [0.3, 0.4) is 0 Å². The first kappa shape index (κ1) is 30.1. The van der Waals surface area contributed by atoms with Crippen molar-refractivity contribution in [2.75, 3.05) is 26.3 Å². The van der Waals surface area contributed by atoms with Crippen LogP contribution in [0.2, 0.25) is 10.0 Å². The molecule has 3 unspecified atom stereocenters. The summed E-state index contributed by atoms with van der Waals surface area (Å²) in [6.07, 6.45) is 3.06. The average molecular weight is 657 g/mol. The number of allylic oxidation sites excluding steroid dienone is 1. The topological polar surface area (TPSA) is 68.2 Å². The molecule has 0 radical (unpaired) electrons. The number of nitrogens with one attached hydrogen (secondary N) is 1. The molecule has 1 saturated carbocycles. The van der Waals surface area contributed by atoms with E-state index in [1.165, 1.54) is 11.8 Å². The molecule has 3 fully saturated rings. The number of aliphatic imine (C=N–C) groups is 1. The van der Waals surface area contributed by atoms with Gasteiger partial charge >= 0.3 is 0 Å². The zero-order valence-electron chi connectivity index (χ0n) is 24.8. The van der Waals surface area contributed by atoms with E-state index in [2.05, 4.69) is 24.1 Å². The van der Waals surface area contributed by atoms with Crippen LogP contribution in [0, 0.1) is 5.92 Å². The number of carbonyl (C=O) groups excluding carboxylic acids is 2. The molecule has 1 aliphatic carbocycles. The fourth-order valence-corrected chi connectivity index (χ4v) is 8.78. The van der Waals surface area contributed by atoms with Crippen LogP contribution < -0.4 is 5.32 Å². The second-order valence-electron chi connectivity index (χ2n) is 12.8. The summed E-state index contributed by atoms with van der Waals surface area (Å²) in [7, 11) is 0. The number of nitrogens with zero attached hydrogens (tertiary/aromatic N) is 4. The molecule has 1 N–H and O–H groups in total. The number of fused-ring (bicyclic) bond motifs is 1. The van der Waals surface area contributed by atoms with Crippen LogP contribution in [0.1, 0.15) is 62.7 Å². The molecule has 2 amide bonds. The first-order valence-corrected chi connectivity index (χ1v) is 17.0. The molecule has 5 aliphatic rings. The monoisotopic (exact) mass is 655 g/mol. The van der Waals surface area contributed by atoms with Gasteiger partial charge in [-0.3, -0.25) is 14.6 Å². The summed E-state index contributed by atoms with van der Waals surface area (Å²) < 4.78 is 14.5. The van der Waals surface area contributed by atoms with Gasteiger partial charge in [0, 0.05) is 40.9 Å².